The number of non-ortho nitro benzene ring substituents is 1. The molecular formula is C18H23N3O7. The number of nitrogens with two attached hydrogens (primary N) is 1. The Bertz CT molecular complexity index is 729. The second-order valence-electron chi connectivity index (χ2n) is 6.35. The molecule has 28 heavy (non-hydrogen) atoms. The SMILES string of the molecule is CCOC(=O)C[C@H](c1ccc([N+](=O)[O-])cc1)[C@@H](NC(=O)[C@H]1CCCO1)C(N)=O. The smallest absolute Gasteiger partial charge is 0.306 e. The van der Waals surface area contributed by atoms with Crippen LogP contribution in [-0.2, 0) is 23.9 Å². The molecule has 152 valence electrons. The molecule has 0 aromatic heterocycles. The standard InChI is InChI=1S/C18H23N3O7/c1-2-27-15(22)10-13(11-5-7-12(8-6-11)21(25)26)16(17(19)23)20-18(24)14-4-3-9-28-14/h5-8,13-14,16H,2-4,9-10H2,1H3,(H2,19,23)(H,20,24)/t13-,14-,16-/m1/s1. The first-order valence-electron chi connectivity index (χ1n) is 8.94. The minimum atomic E-state index is -1.21. The van der Waals surface area contributed by atoms with Gasteiger partial charge in [-0.15, -0.1) is 0 Å². The van der Waals surface area contributed by atoms with Crippen LogP contribution in [0, 0.1) is 10.1 Å². The van der Waals surface area contributed by atoms with E-state index in [1.165, 1.54) is 24.3 Å². The molecule has 1 heterocycles. The Morgan fingerprint density at radius 1 is 1.36 bits per heavy atom. The average molecular weight is 393 g/mol. The van der Waals surface area contributed by atoms with Gasteiger partial charge in [0.15, 0.2) is 0 Å². The van der Waals surface area contributed by atoms with E-state index in [4.69, 9.17) is 15.2 Å². The number of nitro benzene ring substituents is 1. The number of rotatable bonds is 9. The molecule has 2 rings (SSSR count). The zero-order valence-electron chi connectivity index (χ0n) is 15.5. The number of nitro groups is 1. The van der Waals surface area contributed by atoms with Gasteiger partial charge in [0.1, 0.15) is 12.1 Å². The van der Waals surface area contributed by atoms with E-state index in [0.717, 1.165) is 6.42 Å². The van der Waals surface area contributed by atoms with Gasteiger partial charge in [0.05, 0.1) is 18.0 Å². The molecule has 3 N–H and O–H groups in total. The van der Waals surface area contributed by atoms with E-state index < -0.39 is 40.8 Å². The van der Waals surface area contributed by atoms with Crippen LogP contribution in [0.25, 0.3) is 0 Å². The van der Waals surface area contributed by atoms with Crippen LogP contribution in [0.4, 0.5) is 5.69 Å². The molecule has 0 radical (unpaired) electrons. The largest absolute Gasteiger partial charge is 0.466 e. The molecule has 1 aromatic rings. The highest BCUT2D eigenvalue weighted by atomic mass is 16.6. The van der Waals surface area contributed by atoms with Crippen LogP contribution in [0.2, 0.25) is 0 Å². The fraction of sp³-hybridized carbons (Fsp3) is 0.500. The van der Waals surface area contributed by atoms with Crippen LogP contribution < -0.4 is 11.1 Å². The van der Waals surface area contributed by atoms with Crippen molar-refractivity contribution in [3.05, 3.63) is 39.9 Å². The lowest BCUT2D eigenvalue weighted by Crippen LogP contribution is -2.51. The molecule has 0 spiro atoms. The van der Waals surface area contributed by atoms with Crippen molar-refractivity contribution >= 4 is 23.5 Å². The molecule has 0 aliphatic carbocycles. The van der Waals surface area contributed by atoms with E-state index in [2.05, 4.69) is 5.32 Å². The normalized spacial score (nSPS) is 18.1. The highest BCUT2D eigenvalue weighted by Gasteiger charge is 2.34. The number of ether oxygens (including phenoxy) is 2. The third-order valence-corrected chi connectivity index (χ3v) is 4.45. The van der Waals surface area contributed by atoms with Crippen molar-refractivity contribution in [2.24, 2.45) is 5.73 Å². The number of hydrogen-bond donors (Lipinski definition) is 2. The summed E-state index contributed by atoms with van der Waals surface area (Å²) < 4.78 is 10.3. The third kappa shape index (κ3) is 5.49. The molecule has 1 aromatic carbocycles. The fourth-order valence-electron chi connectivity index (χ4n) is 3.07. The first-order chi connectivity index (χ1) is 13.3. The van der Waals surface area contributed by atoms with Gasteiger partial charge in [-0.2, -0.15) is 0 Å². The predicted molar refractivity (Wildman–Crippen MR) is 97.2 cm³/mol. The van der Waals surface area contributed by atoms with Gasteiger partial charge >= 0.3 is 5.97 Å². The molecule has 0 bridgehead atoms. The molecule has 1 fully saturated rings. The maximum Gasteiger partial charge on any atom is 0.306 e. The van der Waals surface area contributed by atoms with Crippen LogP contribution in [0.1, 0.15) is 37.7 Å². The lowest BCUT2D eigenvalue weighted by atomic mass is 9.87. The third-order valence-electron chi connectivity index (χ3n) is 4.45. The molecule has 10 heteroatoms. The van der Waals surface area contributed by atoms with E-state index in [0.29, 0.717) is 18.6 Å². The second-order valence-corrected chi connectivity index (χ2v) is 6.35. The number of esters is 1. The Hall–Kier alpha value is -3.01. The minimum absolute atomic E-state index is 0.141. The maximum atomic E-state index is 12.4. The molecule has 3 atom stereocenters. The van der Waals surface area contributed by atoms with E-state index in [9.17, 15) is 24.5 Å². The second kappa shape index (κ2) is 9.79. The number of carbonyl (C=O) groups is 3. The molecular weight excluding hydrogens is 370 g/mol. The van der Waals surface area contributed by atoms with Crippen molar-refractivity contribution in [2.75, 3.05) is 13.2 Å². The zero-order valence-corrected chi connectivity index (χ0v) is 15.5. The monoisotopic (exact) mass is 393 g/mol. The van der Waals surface area contributed by atoms with Crippen molar-refractivity contribution < 1.29 is 28.8 Å². The highest BCUT2D eigenvalue weighted by Crippen LogP contribution is 2.27. The topological polar surface area (TPSA) is 151 Å². The summed E-state index contributed by atoms with van der Waals surface area (Å²) >= 11 is 0. The average Bonchev–Trinajstić information content (AvgIpc) is 3.19. The summed E-state index contributed by atoms with van der Waals surface area (Å²) in [6.45, 7) is 2.24. The first kappa shape index (κ1) is 21.3. The summed E-state index contributed by atoms with van der Waals surface area (Å²) in [5.41, 5.74) is 5.79. The number of nitrogens with one attached hydrogen (secondary N) is 1. The van der Waals surface area contributed by atoms with Gasteiger partial charge in [0, 0.05) is 24.7 Å². The van der Waals surface area contributed by atoms with Gasteiger partial charge in [0.25, 0.3) is 5.69 Å². The fourth-order valence-corrected chi connectivity index (χ4v) is 3.07. The molecule has 1 aliphatic heterocycles. The summed E-state index contributed by atoms with van der Waals surface area (Å²) in [5.74, 6) is -2.75. The Labute approximate surface area is 161 Å². The van der Waals surface area contributed by atoms with E-state index in [1.807, 2.05) is 0 Å². The summed E-state index contributed by atoms with van der Waals surface area (Å²) in [4.78, 5) is 46.8. The maximum absolute atomic E-state index is 12.4. The Morgan fingerprint density at radius 3 is 2.54 bits per heavy atom. The number of hydrogen-bond acceptors (Lipinski definition) is 7. The van der Waals surface area contributed by atoms with E-state index in [1.54, 1.807) is 6.92 Å². The van der Waals surface area contributed by atoms with Gasteiger partial charge in [0.2, 0.25) is 11.8 Å². The van der Waals surface area contributed by atoms with Crippen LogP contribution in [0.15, 0.2) is 24.3 Å². The summed E-state index contributed by atoms with van der Waals surface area (Å²) in [5, 5.41) is 13.4. The molecule has 1 saturated heterocycles. The van der Waals surface area contributed by atoms with E-state index >= 15 is 0 Å². The number of amides is 2. The Morgan fingerprint density at radius 2 is 2.04 bits per heavy atom. The lowest BCUT2D eigenvalue weighted by molar-refractivity contribution is -0.384. The molecule has 2 amide bonds. The quantitative estimate of drug-likeness (QED) is 0.357. The Balaban J connectivity index is 2.29. The van der Waals surface area contributed by atoms with Crippen molar-refractivity contribution in [3.8, 4) is 0 Å². The van der Waals surface area contributed by atoms with Crippen LogP contribution in [0.5, 0.6) is 0 Å². The van der Waals surface area contributed by atoms with Crippen molar-refractivity contribution in [3.63, 3.8) is 0 Å². The zero-order chi connectivity index (χ0) is 20.7. The molecule has 10 nitrogen and oxygen atoms in total. The van der Waals surface area contributed by atoms with Gasteiger partial charge in [-0.05, 0) is 25.3 Å². The predicted octanol–water partition coefficient (Wildman–Crippen LogP) is 0.781. The van der Waals surface area contributed by atoms with Crippen LogP contribution in [-0.4, -0.2) is 48.1 Å². The summed E-state index contributed by atoms with van der Waals surface area (Å²) in [6, 6.07) is 4.16. The summed E-state index contributed by atoms with van der Waals surface area (Å²) in [6.07, 6.45) is 0.345. The number of carbonyl (C=O) groups excluding carboxylic acids is 3. The van der Waals surface area contributed by atoms with Gasteiger partial charge in [-0.3, -0.25) is 24.5 Å². The van der Waals surface area contributed by atoms with Crippen LogP contribution >= 0.6 is 0 Å². The van der Waals surface area contributed by atoms with Crippen molar-refractivity contribution in [1.29, 1.82) is 0 Å². The summed E-state index contributed by atoms with van der Waals surface area (Å²) in [7, 11) is 0. The number of benzene rings is 1. The lowest BCUT2D eigenvalue weighted by Gasteiger charge is -2.26. The van der Waals surface area contributed by atoms with Gasteiger partial charge in [-0.1, -0.05) is 12.1 Å². The molecule has 0 saturated carbocycles. The highest BCUT2D eigenvalue weighted by molar-refractivity contribution is 5.90. The molecule has 0 unspecified atom stereocenters. The van der Waals surface area contributed by atoms with Crippen LogP contribution in [0.3, 0.4) is 0 Å². The van der Waals surface area contributed by atoms with E-state index in [-0.39, 0.29) is 18.7 Å². The number of primary amides is 1. The van der Waals surface area contributed by atoms with Gasteiger partial charge < -0.3 is 20.5 Å². The van der Waals surface area contributed by atoms with Crippen molar-refractivity contribution in [1.82, 2.24) is 5.32 Å². The minimum Gasteiger partial charge on any atom is -0.466 e. The van der Waals surface area contributed by atoms with Gasteiger partial charge in [-0.25, -0.2) is 0 Å². The van der Waals surface area contributed by atoms with Crippen molar-refractivity contribution in [2.45, 2.75) is 44.2 Å². The Kier molecular flexibility index (Phi) is 7.44. The molecule has 1 aliphatic rings. The number of nitrogens with zero attached hydrogens (tertiary/aromatic N) is 1. The first-order valence-corrected chi connectivity index (χ1v) is 8.94.